The molecule has 0 aromatic heterocycles. The molecule has 0 aliphatic carbocycles. The number of hydrogen-bond donors (Lipinski definition) is 0. The standard InChI is InChI=1S/C16H24O4/c1-12(15(17)19-11-10-16(2,3)4)20-14-8-6-13(18-5)7-9-14/h6-9,12H,10-11H2,1-5H3. The Morgan fingerprint density at radius 2 is 1.70 bits per heavy atom. The number of hydrogen-bond acceptors (Lipinski definition) is 4. The average molecular weight is 280 g/mol. The van der Waals surface area contributed by atoms with Crippen LogP contribution in [0, 0.1) is 5.41 Å². The third-order valence-corrected chi connectivity index (χ3v) is 2.80. The number of benzene rings is 1. The Labute approximate surface area is 121 Å². The summed E-state index contributed by atoms with van der Waals surface area (Å²) in [4.78, 5) is 11.8. The number of carbonyl (C=O) groups is 1. The van der Waals surface area contributed by atoms with Crippen LogP contribution in [-0.4, -0.2) is 25.8 Å². The molecule has 0 aliphatic heterocycles. The fraction of sp³-hybridized carbons (Fsp3) is 0.562. The molecular formula is C16H24O4. The van der Waals surface area contributed by atoms with Crippen LogP contribution in [0.3, 0.4) is 0 Å². The van der Waals surface area contributed by atoms with E-state index in [-0.39, 0.29) is 11.4 Å². The SMILES string of the molecule is COc1ccc(OC(C)C(=O)OCCC(C)(C)C)cc1. The lowest BCUT2D eigenvalue weighted by atomic mass is 9.93. The molecule has 1 unspecified atom stereocenters. The normalized spacial score (nSPS) is 12.7. The van der Waals surface area contributed by atoms with Gasteiger partial charge in [-0.05, 0) is 43.0 Å². The lowest BCUT2D eigenvalue weighted by Crippen LogP contribution is -2.27. The third kappa shape index (κ3) is 5.95. The van der Waals surface area contributed by atoms with E-state index in [4.69, 9.17) is 14.2 Å². The summed E-state index contributed by atoms with van der Waals surface area (Å²) >= 11 is 0. The second-order valence-corrected chi connectivity index (χ2v) is 5.91. The number of carbonyl (C=O) groups excluding carboxylic acids is 1. The third-order valence-electron chi connectivity index (χ3n) is 2.80. The molecule has 1 atom stereocenters. The molecule has 0 aliphatic rings. The highest BCUT2D eigenvalue weighted by atomic mass is 16.6. The highest BCUT2D eigenvalue weighted by molar-refractivity contribution is 5.74. The molecule has 4 heteroatoms. The summed E-state index contributed by atoms with van der Waals surface area (Å²) < 4.78 is 15.8. The van der Waals surface area contributed by atoms with E-state index in [9.17, 15) is 4.79 Å². The number of rotatable bonds is 6. The Balaban J connectivity index is 2.40. The van der Waals surface area contributed by atoms with Crippen LogP contribution in [0.2, 0.25) is 0 Å². The molecule has 112 valence electrons. The lowest BCUT2D eigenvalue weighted by molar-refractivity contribution is -0.151. The maximum atomic E-state index is 11.8. The molecule has 4 nitrogen and oxygen atoms in total. The van der Waals surface area contributed by atoms with E-state index in [2.05, 4.69) is 20.8 Å². The molecule has 0 saturated carbocycles. The Bertz CT molecular complexity index is 417. The largest absolute Gasteiger partial charge is 0.497 e. The van der Waals surface area contributed by atoms with E-state index in [1.54, 1.807) is 38.3 Å². The summed E-state index contributed by atoms with van der Waals surface area (Å²) in [5.41, 5.74) is 0.153. The minimum Gasteiger partial charge on any atom is -0.497 e. The van der Waals surface area contributed by atoms with Gasteiger partial charge in [-0.15, -0.1) is 0 Å². The van der Waals surface area contributed by atoms with Gasteiger partial charge in [0, 0.05) is 0 Å². The van der Waals surface area contributed by atoms with Gasteiger partial charge in [0.2, 0.25) is 0 Å². The van der Waals surface area contributed by atoms with Crippen LogP contribution in [-0.2, 0) is 9.53 Å². The van der Waals surface area contributed by atoms with Crippen molar-refractivity contribution in [2.45, 2.75) is 40.2 Å². The minimum absolute atomic E-state index is 0.153. The van der Waals surface area contributed by atoms with Crippen molar-refractivity contribution >= 4 is 5.97 Å². The topological polar surface area (TPSA) is 44.8 Å². The Morgan fingerprint density at radius 1 is 1.15 bits per heavy atom. The van der Waals surface area contributed by atoms with Crippen LogP contribution < -0.4 is 9.47 Å². The van der Waals surface area contributed by atoms with Gasteiger partial charge in [-0.25, -0.2) is 4.79 Å². The van der Waals surface area contributed by atoms with Crippen molar-refractivity contribution in [2.75, 3.05) is 13.7 Å². The Kier molecular flexibility index (Phi) is 5.86. The molecule has 1 aromatic carbocycles. The van der Waals surface area contributed by atoms with Crippen LogP contribution in [0.4, 0.5) is 0 Å². The molecular weight excluding hydrogens is 256 g/mol. The summed E-state index contributed by atoms with van der Waals surface area (Å²) in [6.45, 7) is 8.43. The zero-order chi connectivity index (χ0) is 15.2. The number of ether oxygens (including phenoxy) is 3. The van der Waals surface area contributed by atoms with E-state index in [0.29, 0.717) is 12.4 Å². The van der Waals surface area contributed by atoms with Gasteiger partial charge in [0.15, 0.2) is 6.10 Å². The first-order valence-corrected chi connectivity index (χ1v) is 6.79. The molecule has 0 amide bonds. The first-order valence-electron chi connectivity index (χ1n) is 6.79. The maximum absolute atomic E-state index is 11.8. The van der Waals surface area contributed by atoms with Crippen molar-refractivity contribution in [3.05, 3.63) is 24.3 Å². The predicted molar refractivity (Wildman–Crippen MR) is 78.1 cm³/mol. The number of methoxy groups -OCH3 is 1. The summed E-state index contributed by atoms with van der Waals surface area (Å²) in [7, 11) is 1.60. The first-order chi connectivity index (χ1) is 9.31. The lowest BCUT2D eigenvalue weighted by Gasteiger charge is -2.19. The predicted octanol–water partition coefficient (Wildman–Crippen LogP) is 3.44. The van der Waals surface area contributed by atoms with Gasteiger partial charge in [-0.2, -0.15) is 0 Å². The average Bonchev–Trinajstić information content (AvgIpc) is 2.38. The van der Waals surface area contributed by atoms with Gasteiger partial charge in [-0.3, -0.25) is 0 Å². The quantitative estimate of drug-likeness (QED) is 0.749. The maximum Gasteiger partial charge on any atom is 0.347 e. The van der Waals surface area contributed by atoms with E-state index in [1.807, 2.05) is 0 Å². The Hall–Kier alpha value is -1.71. The minimum atomic E-state index is -0.622. The fourth-order valence-corrected chi connectivity index (χ4v) is 1.48. The van der Waals surface area contributed by atoms with Crippen LogP contribution in [0.25, 0.3) is 0 Å². The second kappa shape index (κ2) is 7.17. The van der Waals surface area contributed by atoms with E-state index in [1.165, 1.54) is 0 Å². The summed E-state index contributed by atoms with van der Waals surface area (Å²) in [6, 6.07) is 7.09. The monoisotopic (exact) mass is 280 g/mol. The van der Waals surface area contributed by atoms with Crippen LogP contribution >= 0.6 is 0 Å². The summed E-state index contributed by atoms with van der Waals surface area (Å²) in [6.07, 6.45) is 0.205. The first kappa shape index (κ1) is 16.3. The van der Waals surface area contributed by atoms with Gasteiger partial charge in [0.05, 0.1) is 13.7 Å². The molecule has 0 fully saturated rings. The molecule has 0 saturated heterocycles. The van der Waals surface area contributed by atoms with Crippen LogP contribution in [0.15, 0.2) is 24.3 Å². The molecule has 0 spiro atoms. The molecule has 0 radical (unpaired) electrons. The molecule has 20 heavy (non-hydrogen) atoms. The molecule has 0 bridgehead atoms. The fourth-order valence-electron chi connectivity index (χ4n) is 1.48. The zero-order valence-corrected chi connectivity index (χ0v) is 12.9. The van der Waals surface area contributed by atoms with Gasteiger partial charge >= 0.3 is 5.97 Å². The van der Waals surface area contributed by atoms with Gasteiger partial charge in [0.25, 0.3) is 0 Å². The van der Waals surface area contributed by atoms with E-state index in [0.717, 1.165) is 12.2 Å². The van der Waals surface area contributed by atoms with Crippen molar-refractivity contribution in [3.63, 3.8) is 0 Å². The number of esters is 1. The Morgan fingerprint density at radius 3 is 2.20 bits per heavy atom. The van der Waals surface area contributed by atoms with Crippen molar-refractivity contribution in [1.29, 1.82) is 0 Å². The van der Waals surface area contributed by atoms with Crippen molar-refractivity contribution < 1.29 is 19.0 Å². The second-order valence-electron chi connectivity index (χ2n) is 5.91. The molecule has 1 aromatic rings. The summed E-state index contributed by atoms with van der Waals surface area (Å²) in [5, 5.41) is 0. The highest BCUT2D eigenvalue weighted by Crippen LogP contribution is 2.20. The van der Waals surface area contributed by atoms with E-state index >= 15 is 0 Å². The van der Waals surface area contributed by atoms with Crippen molar-refractivity contribution in [2.24, 2.45) is 5.41 Å². The highest BCUT2D eigenvalue weighted by Gasteiger charge is 2.18. The molecule has 0 heterocycles. The van der Waals surface area contributed by atoms with Gasteiger partial charge < -0.3 is 14.2 Å². The molecule has 0 N–H and O–H groups in total. The van der Waals surface area contributed by atoms with Crippen LogP contribution in [0.5, 0.6) is 11.5 Å². The van der Waals surface area contributed by atoms with E-state index < -0.39 is 6.10 Å². The zero-order valence-electron chi connectivity index (χ0n) is 12.9. The van der Waals surface area contributed by atoms with Crippen molar-refractivity contribution in [3.8, 4) is 11.5 Å². The molecule has 1 rings (SSSR count). The summed E-state index contributed by atoms with van der Waals surface area (Å²) in [5.74, 6) is 1.02. The van der Waals surface area contributed by atoms with Gasteiger partial charge in [0.1, 0.15) is 11.5 Å². The van der Waals surface area contributed by atoms with Crippen LogP contribution in [0.1, 0.15) is 34.1 Å². The van der Waals surface area contributed by atoms with Gasteiger partial charge in [-0.1, -0.05) is 20.8 Å². The van der Waals surface area contributed by atoms with Crippen molar-refractivity contribution in [1.82, 2.24) is 0 Å². The smallest absolute Gasteiger partial charge is 0.347 e.